The Morgan fingerprint density at radius 1 is 1.12 bits per heavy atom. The first-order chi connectivity index (χ1) is 12.3. The molecular weight excluding hydrogens is 348 g/mol. The van der Waals surface area contributed by atoms with E-state index in [1.807, 2.05) is 36.4 Å². The third kappa shape index (κ3) is 3.61. The topological polar surface area (TPSA) is 49.4 Å². The van der Waals surface area contributed by atoms with Crippen LogP contribution in [0.15, 0.2) is 48.5 Å². The molecule has 0 bridgehead atoms. The van der Waals surface area contributed by atoms with Crippen LogP contribution in [0.1, 0.15) is 48.3 Å². The molecule has 1 fully saturated rings. The first-order valence-electron chi connectivity index (χ1n) is 8.72. The number of carbonyl (C=O) groups excluding carboxylic acids is 2. The standard InChI is InChI=1S/C21H23ClN2O2/c1-21(2,3)15-10-8-14(9-11-15)20(26)24-13-12-23-19(25)18(24)16-6-4-5-7-17(16)22/h4-11,18H,12-13H2,1-3H3,(H,23,25). The highest BCUT2D eigenvalue weighted by atomic mass is 35.5. The van der Waals surface area contributed by atoms with Gasteiger partial charge in [0.1, 0.15) is 6.04 Å². The van der Waals surface area contributed by atoms with Gasteiger partial charge in [-0.25, -0.2) is 0 Å². The van der Waals surface area contributed by atoms with Crippen molar-refractivity contribution in [2.45, 2.75) is 32.2 Å². The third-order valence-electron chi connectivity index (χ3n) is 4.67. The van der Waals surface area contributed by atoms with Crippen molar-refractivity contribution in [2.75, 3.05) is 13.1 Å². The van der Waals surface area contributed by atoms with Crippen LogP contribution in [0.25, 0.3) is 0 Å². The van der Waals surface area contributed by atoms with Crippen molar-refractivity contribution in [3.8, 4) is 0 Å². The average Bonchev–Trinajstić information content (AvgIpc) is 2.61. The second-order valence-electron chi connectivity index (χ2n) is 7.54. The van der Waals surface area contributed by atoms with Crippen molar-refractivity contribution in [1.82, 2.24) is 10.2 Å². The molecule has 1 saturated heterocycles. The van der Waals surface area contributed by atoms with Gasteiger partial charge in [0.15, 0.2) is 0 Å². The van der Waals surface area contributed by atoms with Crippen LogP contribution in [0.3, 0.4) is 0 Å². The summed E-state index contributed by atoms with van der Waals surface area (Å²) in [6.07, 6.45) is 0. The fourth-order valence-electron chi connectivity index (χ4n) is 3.17. The van der Waals surface area contributed by atoms with Crippen molar-refractivity contribution in [1.29, 1.82) is 0 Å². The molecule has 1 atom stereocenters. The van der Waals surface area contributed by atoms with E-state index in [9.17, 15) is 9.59 Å². The van der Waals surface area contributed by atoms with Gasteiger partial charge in [-0.2, -0.15) is 0 Å². The predicted octanol–water partition coefficient (Wildman–Crippen LogP) is 3.95. The maximum Gasteiger partial charge on any atom is 0.254 e. The monoisotopic (exact) mass is 370 g/mol. The Hall–Kier alpha value is -2.33. The summed E-state index contributed by atoms with van der Waals surface area (Å²) < 4.78 is 0. The zero-order valence-corrected chi connectivity index (χ0v) is 16.0. The highest BCUT2D eigenvalue weighted by Gasteiger charge is 2.35. The van der Waals surface area contributed by atoms with Gasteiger partial charge in [0, 0.05) is 29.2 Å². The van der Waals surface area contributed by atoms with Crippen LogP contribution in [0.5, 0.6) is 0 Å². The summed E-state index contributed by atoms with van der Waals surface area (Å²) >= 11 is 6.29. The number of nitrogens with zero attached hydrogens (tertiary/aromatic N) is 1. The number of amides is 2. The molecule has 2 amide bonds. The fraction of sp³-hybridized carbons (Fsp3) is 0.333. The smallest absolute Gasteiger partial charge is 0.254 e. The van der Waals surface area contributed by atoms with E-state index in [1.165, 1.54) is 0 Å². The van der Waals surface area contributed by atoms with Crippen molar-refractivity contribution in [2.24, 2.45) is 0 Å². The van der Waals surface area contributed by atoms with E-state index in [0.717, 1.165) is 5.56 Å². The molecule has 1 unspecified atom stereocenters. The second kappa shape index (κ2) is 7.12. The second-order valence-corrected chi connectivity index (χ2v) is 7.95. The first kappa shape index (κ1) is 18.5. The molecule has 0 aromatic heterocycles. The van der Waals surface area contributed by atoms with E-state index in [-0.39, 0.29) is 17.2 Å². The number of halogens is 1. The number of carbonyl (C=O) groups is 2. The van der Waals surface area contributed by atoms with Gasteiger partial charge in [-0.3, -0.25) is 9.59 Å². The molecule has 5 heteroatoms. The van der Waals surface area contributed by atoms with Gasteiger partial charge in [-0.05, 0) is 29.2 Å². The molecule has 0 aliphatic carbocycles. The molecule has 1 heterocycles. The van der Waals surface area contributed by atoms with Gasteiger partial charge in [-0.1, -0.05) is 62.7 Å². The number of piperazine rings is 1. The van der Waals surface area contributed by atoms with Crippen LogP contribution in [0.4, 0.5) is 0 Å². The zero-order chi connectivity index (χ0) is 18.9. The molecular formula is C21H23ClN2O2. The van der Waals surface area contributed by atoms with Gasteiger partial charge in [-0.15, -0.1) is 0 Å². The minimum Gasteiger partial charge on any atom is -0.352 e. The average molecular weight is 371 g/mol. The molecule has 136 valence electrons. The summed E-state index contributed by atoms with van der Waals surface area (Å²) in [5, 5.41) is 3.31. The summed E-state index contributed by atoms with van der Waals surface area (Å²) in [5.41, 5.74) is 2.40. The SMILES string of the molecule is CC(C)(C)c1ccc(C(=O)N2CCNC(=O)C2c2ccccc2Cl)cc1. The molecule has 1 N–H and O–H groups in total. The highest BCUT2D eigenvalue weighted by molar-refractivity contribution is 6.31. The lowest BCUT2D eigenvalue weighted by atomic mass is 9.86. The summed E-state index contributed by atoms with van der Waals surface area (Å²) in [4.78, 5) is 27.2. The van der Waals surface area contributed by atoms with Gasteiger partial charge in [0.2, 0.25) is 5.91 Å². The molecule has 1 aliphatic rings. The van der Waals surface area contributed by atoms with Crippen LogP contribution in [0, 0.1) is 0 Å². The molecule has 26 heavy (non-hydrogen) atoms. The van der Waals surface area contributed by atoms with E-state index in [4.69, 9.17) is 11.6 Å². The van der Waals surface area contributed by atoms with E-state index >= 15 is 0 Å². The van der Waals surface area contributed by atoms with Gasteiger partial charge in [0.05, 0.1) is 0 Å². The van der Waals surface area contributed by atoms with Crippen molar-refractivity contribution >= 4 is 23.4 Å². The van der Waals surface area contributed by atoms with Gasteiger partial charge in [0.25, 0.3) is 5.91 Å². The van der Waals surface area contributed by atoms with Crippen molar-refractivity contribution < 1.29 is 9.59 Å². The van der Waals surface area contributed by atoms with Crippen LogP contribution in [0.2, 0.25) is 5.02 Å². The lowest BCUT2D eigenvalue weighted by Gasteiger charge is -2.35. The van der Waals surface area contributed by atoms with Crippen molar-refractivity contribution in [3.63, 3.8) is 0 Å². The van der Waals surface area contributed by atoms with Crippen molar-refractivity contribution in [3.05, 3.63) is 70.2 Å². The summed E-state index contributed by atoms with van der Waals surface area (Å²) in [6.45, 7) is 7.28. The van der Waals surface area contributed by atoms with Gasteiger partial charge < -0.3 is 10.2 Å². The largest absolute Gasteiger partial charge is 0.352 e. The normalized spacial score (nSPS) is 17.8. The Balaban J connectivity index is 1.93. The van der Waals surface area contributed by atoms with Crippen LogP contribution < -0.4 is 5.32 Å². The van der Waals surface area contributed by atoms with E-state index < -0.39 is 6.04 Å². The quantitative estimate of drug-likeness (QED) is 0.870. The Kier molecular flexibility index (Phi) is 5.05. The minimum absolute atomic E-state index is 0.0205. The van der Waals surface area contributed by atoms with Crippen LogP contribution in [-0.2, 0) is 10.2 Å². The third-order valence-corrected chi connectivity index (χ3v) is 5.01. The maximum absolute atomic E-state index is 13.1. The lowest BCUT2D eigenvalue weighted by molar-refractivity contribution is -0.128. The Bertz CT molecular complexity index is 825. The molecule has 2 aromatic rings. The molecule has 2 aromatic carbocycles. The molecule has 1 aliphatic heterocycles. The number of hydrogen-bond acceptors (Lipinski definition) is 2. The van der Waals surface area contributed by atoms with Crippen LogP contribution >= 0.6 is 11.6 Å². The molecule has 0 radical (unpaired) electrons. The van der Waals surface area contributed by atoms with E-state index in [2.05, 4.69) is 26.1 Å². The molecule has 3 rings (SSSR count). The highest BCUT2D eigenvalue weighted by Crippen LogP contribution is 2.31. The lowest BCUT2D eigenvalue weighted by Crippen LogP contribution is -2.52. The summed E-state index contributed by atoms with van der Waals surface area (Å²) in [6, 6.07) is 14.1. The fourth-order valence-corrected chi connectivity index (χ4v) is 3.41. The number of benzene rings is 2. The molecule has 0 spiro atoms. The van der Waals surface area contributed by atoms with E-state index in [0.29, 0.717) is 29.2 Å². The van der Waals surface area contributed by atoms with Crippen LogP contribution in [-0.4, -0.2) is 29.8 Å². The predicted molar refractivity (Wildman–Crippen MR) is 103 cm³/mol. The maximum atomic E-state index is 13.1. The molecule has 4 nitrogen and oxygen atoms in total. The zero-order valence-electron chi connectivity index (χ0n) is 15.3. The number of hydrogen-bond donors (Lipinski definition) is 1. The Morgan fingerprint density at radius 2 is 1.77 bits per heavy atom. The van der Waals surface area contributed by atoms with Gasteiger partial charge >= 0.3 is 0 Å². The Labute approximate surface area is 159 Å². The molecule has 0 saturated carbocycles. The summed E-state index contributed by atoms with van der Waals surface area (Å²) in [7, 11) is 0. The Morgan fingerprint density at radius 3 is 2.38 bits per heavy atom. The summed E-state index contributed by atoms with van der Waals surface area (Å²) in [5.74, 6) is -0.366. The number of rotatable bonds is 2. The number of nitrogens with one attached hydrogen (secondary N) is 1. The van der Waals surface area contributed by atoms with E-state index in [1.54, 1.807) is 17.0 Å². The first-order valence-corrected chi connectivity index (χ1v) is 9.10. The minimum atomic E-state index is -0.716.